The summed E-state index contributed by atoms with van der Waals surface area (Å²) in [7, 11) is 0. The molecule has 2 nitrogen and oxygen atoms in total. The van der Waals surface area contributed by atoms with E-state index in [1.807, 2.05) is 0 Å². The van der Waals surface area contributed by atoms with E-state index in [0.29, 0.717) is 30.1 Å². The highest BCUT2D eigenvalue weighted by molar-refractivity contribution is 6.31. The van der Waals surface area contributed by atoms with E-state index < -0.39 is 0 Å². The molecular weight excluding hydrogens is 251 g/mol. The second kappa shape index (κ2) is 6.00. The largest absolute Gasteiger partial charge is 0.329 e. The fourth-order valence-corrected chi connectivity index (χ4v) is 2.97. The monoisotopic (exact) mass is 270 g/mol. The first-order chi connectivity index (χ1) is 8.61. The lowest BCUT2D eigenvalue weighted by Crippen LogP contribution is -2.48. The Morgan fingerprint density at radius 3 is 3.00 bits per heavy atom. The Kier molecular flexibility index (Phi) is 4.60. The molecule has 2 rings (SSSR count). The van der Waals surface area contributed by atoms with E-state index in [9.17, 15) is 4.39 Å². The average Bonchev–Trinajstić information content (AvgIpc) is 2.34. The smallest absolute Gasteiger partial charge is 0.123 e. The summed E-state index contributed by atoms with van der Waals surface area (Å²) in [6.07, 6.45) is 2.39. The third kappa shape index (κ3) is 3.02. The molecule has 18 heavy (non-hydrogen) atoms. The van der Waals surface area contributed by atoms with E-state index in [1.165, 1.54) is 25.0 Å². The van der Waals surface area contributed by atoms with Crippen LogP contribution in [0.5, 0.6) is 0 Å². The molecule has 1 aliphatic rings. The lowest BCUT2D eigenvalue weighted by atomic mass is 9.90. The first kappa shape index (κ1) is 13.8. The molecule has 4 heteroatoms. The minimum Gasteiger partial charge on any atom is -0.329 e. The molecule has 1 saturated heterocycles. The summed E-state index contributed by atoms with van der Waals surface area (Å²) in [5, 5.41) is 0.630. The highest BCUT2D eigenvalue weighted by Gasteiger charge is 2.27. The van der Waals surface area contributed by atoms with Gasteiger partial charge in [-0.05, 0) is 49.1 Å². The SMILES string of the molecule is CC1CCCN(Cc2cc(F)ccc2Cl)C1CN. The van der Waals surface area contributed by atoms with Gasteiger partial charge in [-0.2, -0.15) is 0 Å². The topological polar surface area (TPSA) is 29.3 Å². The summed E-state index contributed by atoms with van der Waals surface area (Å²) in [4.78, 5) is 2.33. The van der Waals surface area contributed by atoms with Crippen LogP contribution in [0.15, 0.2) is 18.2 Å². The zero-order chi connectivity index (χ0) is 13.1. The van der Waals surface area contributed by atoms with Gasteiger partial charge in [-0.15, -0.1) is 0 Å². The van der Waals surface area contributed by atoms with E-state index in [1.54, 1.807) is 6.07 Å². The summed E-state index contributed by atoms with van der Waals surface area (Å²) >= 11 is 6.12. The van der Waals surface area contributed by atoms with Crippen LogP contribution in [-0.2, 0) is 6.54 Å². The van der Waals surface area contributed by atoms with Crippen LogP contribution in [0.25, 0.3) is 0 Å². The van der Waals surface area contributed by atoms with Crippen molar-refractivity contribution in [3.05, 3.63) is 34.6 Å². The van der Waals surface area contributed by atoms with Gasteiger partial charge >= 0.3 is 0 Å². The molecule has 100 valence electrons. The van der Waals surface area contributed by atoms with E-state index in [0.717, 1.165) is 12.1 Å². The van der Waals surface area contributed by atoms with E-state index >= 15 is 0 Å². The molecule has 2 unspecified atom stereocenters. The van der Waals surface area contributed by atoms with Crippen molar-refractivity contribution in [3.63, 3.8) is 0 Å². The van der Waals surface area contributed by atoms with Gasteiger partial charge in [0.1, 0.15) is 5.82 Å². The van der Waals surface area contributed by atoms with Crippen molar-refractivity contribution in [2.45, 2.75) is 32.4 Å². The average molecular weight is 271 g/mol. The van der Waals surface area contributed by atoms with Gasteiger partial charge < -0.3 is 5.73 Å². The Bertz CT molecular complexity index is 411. The number of halogens is 2. The van der Waals surface area contributed by atoms with Crippen molar-refractivity contribution in [2.75, 3.05) is 13.1 Å². The maximum atomic E-state index is 13.3. The molecule has 0 radical (unpaired) electrons. The molecule has 0 amide bonds. The molecule has 2 atom stereocenters. The van der Waals surface area contributed by atoms with Crippen molar-refractivity contribution in [1.29, 1.82) is 0 Å². The van der Waals surface area contributed by atoms with Crippen molar-refractivity contribution < 1.29 is 4.39 Å². The standard InChI is InChI=1S/C14H20ClFN2/c1-10-3-2-6-18(14(10)8-17)9-11-7-12(16)4-5-13(11)15/h4-5,7,10,14H,2-3,6,8-9,17H2,1H3. The molecule has 0 aromatic heterocycles. The van der Waals surface area contributed by atoms with Gasteiger partial charge in [0.05, 0.1) is 0 Å². The van der Waals surface area contributed by atoms with Crippen LogP contribution in [0, 0.1) is 11.7 Å². The van der Waals surface area contributed by atoms with Gasteiger partial charge in [-0.25, -0.2) is 4.39 Å². The Morgan fingerprint density at radius 1 is 1.50 bits per heavy atom. The van der Waals surface area contributed by atoms with E-state index in [2.05, 4.69) is 11.8 Å². The second-order valence-electron chi connectivity index (χ2n) is 5.13. The highest BCUT2D eigenvalue weighted by Crippen LogP contribution is 2.26. The lowest BCUT2D eigenvalue weighted by Gasteiger charge is -2.39. The van der Waals surface area contributed by atoms with Crippen LogP contribution < -0.4 is 5.73 Å². The number of hydrogen-bond acceptors (Lipinski definition) is 2. The summed E-state index contributed by atoms with van der Waals surface area (Å²) in [6.45, 7) is 4.58. The van der Waals surface area contributed by atoms with Gasteiger partial charge in [0.2, 0.25) is 0 Å². The summed E-state index contributed by atoms with van der Waals surface area (Å²) in [6, 6.07) is 4.91. The molecule has 1 aliphatic heterocycles. The minimum atomic E-state index is -0.233. The molecule has 1 aromatic rings. The predicted molar refractivity (Wildman–Crippen MR) is 73.1 cm³/mol. The van der Waals surface area contributed by atoms with Crippen molar-refractivity contribution in [1.82, 2.24) is 4.90 Å². The van der Waals surface area contributed by atoms with Gasteiger partial charge in [0, 0.05) is 24.2 Å². The molecule has 0 bridgehead atoms. The Morgan fingerprint density at radius 2 is 2.28 bits per heavy atom. The molecule has 0 spiro atoms. The molecule has 1 fully saturated rings. The maximum Gasteiger partial charge on any atom is 0.123 e. The first-order valence-electron chi connectivity index (χ1n) is 6.50. The Labute approximate surface area is 113 Å². The zero-order valence-corrected chi connectivity index (χ0v) is 11.5. The molecule has 2 N–H and O–H groups in total. The van der Waals surface area contributed by atoms with Crippen LogP contribution in [0.4, 0.5) is 4.39 Å². The van der Waals surface area contributed by atoms with Crippen molar-refractivity contribution in [2.24, 2.45) is 11.7 Å². The van der Waals surface area contributed by atoms with Gasteiger partial charge in [-0.3, -0.25) is 4.90 Å². The normalized spacial score (nSPS) is 25.3. The van der Waals surface area contributed by atoms with Gasteiger partial charge in [0.15, 0.2) is 0 Å². The van der Waals surface area contributed by atoms with Gasteiger partial charge in [0.25, 0.3) is 0 Å². The lowest BCUT2D eigenvalue weighted by molar-refractivity contribution is 0.0990. The maximum absolute atomic E-state index is 13.3. The van der Waals surface area contributed by atoms with Crippen LogP contribution >= 0.6 is 11.6 Å². The van der Waals surface area contributed by atoms with Crippen LogP contribution in [-0.4, -0.2) is 24.0 Å². The minimum absolute atomic E-state index is 0.233. The Hall–Kier alpha value is -0.640. The second-order valence-corrected chi connectivity index (χ2v) is 5.54. The summed E-state index contributed by atoms with van der Waals surface area (Å²) in [5.74, 6) is 0.361. The summed E-state index contributed by atoms with van der Waals surface area (Å²) < 4.78 is 13.3. The molecule has 0 saturated carbocycles. The number of likely N-dealkylation sites (tertiary alicyclic amines) is 1. The third-order valence-electron chi connectivity index (χ3n) is 3.85. The van der Waals surface area contributed by atoms with E-state index in [-0.39, 0.29) is 5.82 Å². The number of rotatable bonds is 3. The molecule has 1 aromatic carbocycles. The highest BCUT2D eigenvalue weighted by atomic mass is 35.5. The quantitative estimate of drug-likeness (QED) is 0.915. The number of benzene rings is 1. The molecular formula is C14H20ClFN2. The fourth-order valence-electron chi connectivity index (χ4n) is 2.80. The zero-order valence-electron chi connectivity index (χ0n) is 10.7. The van der Waals surface area contributed by atoms with Crippen LogP contribution in [0.2, 0.25) is 5.02 Å². The van der Waals surface area contributed by atoms with Crippen molar-refractivity contribution in [3.8, 4) is 0 Å². The predicted octanol–water partition coefficient (Wildman–Crippen LogP) is 3.04. The number of nitrogens with two attached hydrogens (primary N) is 1. The third-order valence-corrected chi connectivity index (χ3v) is 4.22. The fraction of sp³-hybridized carbons (Fsp3) is 0.571. The van der Waals surface area contributed by atoms with E-state index in [4.69, 9.17) is 17.3 Å². The first-order valence-corrected chi connectivity index (χ1v) is 6.87. The van der Waals surface area contributed by atoms with Crippen LogP contribution in [0.3, 0.4) is 0 Å². The van der Waals surface area contributed by atoms with Crippen LogP contribution in [0.1, 0.15) is 25.3 Å². The number of piperidine rings is 1. The number of nitrogens with zero attached hydrogens (tertiary/aromatic N) is 1. The molecule has 1 heterocycles. The Balaban J connectivity index is 2.14. The van der Waals surface area contributed by atoms with Crippen molar-refractivity contribution >= 4 is 11.6 Å². The number of hydrogen-bond donors (Lipinski definition) is 1. The summed E-state index contributed by atoms with van der Waals surface area (Å²) in [5.41, 5.74) is 6.71. The van der Waals surface area contributed by atoms with Gasteiger partial charge in [-0.1, -0.05) is 18.5 Å². The molecule has 0 aliphatic carbocycles.